The van der Waals surface area contributed by atoms with Crippen molar-refractivity contribution in [3.05, 3.63) is 59.7 Å². The molecule has 0 aliphatic rings. The number of sulfone groups is 1. The summed E-state index contributed by atoms with van der Waals surface area (Å²) < 4.78 is 52.3. The molecule has 0 aromatic heterocycles. The second kappa shape index (κ2) is 7.39. The maximum Gasteiger partial charge on any atom is 0.341 e. The highest BCUT2D eigenvalue weighted by Crippen LogP contribution is 2.20. The number of carbonyl (C=O) groups excluding carboxylic acids is 2. The lowest BCUT2D eigenvalue weighted by atomic mass is 10.1. The molecule has 0 heterocycles. The molecule has 0 unspecified atom stereocenters. The maximum absolute atomic E-state index is 12.5. The molecular formula is C16H13F2NO5S. The number of rotatable bonds is 5. The molecule has 9 heteroatoms. The molecule has 2 aromatic carbocycles. The van der Waals surface area contributed by atoms with Crippen LogP contribution in [0, 0.1) is 0 Å². The summed E-state index contributed by atoms with van der Waals surface area (Å²) in [7, 11) is -3.53. The second-order valence-corrected chi connectivity index (χ2v) is 6.74. The van der Waals surface area contributed by atoms with Crippen LogP contribution in [-0.4, -0.2) is 33.2 Å². The van der Waals surface area contributed by atoms with Gasteiger partial charge in [0.25, 0.3) is 5.91 Å². The van der Waals surface area contributed by atoms with E-state index in [-0.39, 0.29) is 16.8 Å². The van der Waals surface area contributed by atoms with E-state index >= 15 is 0 Å². The van der Waals surface area contributed by atoms with Gasteiger partial charge in [-0.3, -0.25) is 4.79 Å². The van der Waals surface area contributed by atoms with Gasteiger partial charge in [-0.05, 0) is 36.4 Å². The van der Waals surface area contributed by atoms with Gasteiger partial charge in [0.1, 0.15) is 0 Å². The molecule has 2 aromatic rings. The average Bonchev–Trinajstić information content (AvgIpc) is 2.61. The van der Waals surface area contributed by atoms with Gasteiger partial charge < -0.3 is 10.1 Å². The highest BCUT2D eigenvalue weighted by Gasteiger charge is 2.26. The monoisotopic (exact) mass is 369 g/mol. The third kappa shape index (κ3) is 4.00. The van der Waals surface area contributed by atoms with Crippen LogP contribution in [-0.2, 0) is 14.6 Å². The molecule has 2 rings (SSSR count). The smallest absolute Gasteiger partial charge is 0.341 e. The number of hydrogen-bond donors (Lipinski definition) is 1. The molecule has 0 saturated carbocycles. The van der Waals surface area contributed by atoms with E-state index in [1.807, 2.05) is 0 Å². The first-order valence-corrected chi connectivity index (χ1v) is 8.43. The Morgan fingerprint density at radius 3 is 2.20 bits per heavy atom. The zero-order valence-corrected chi connectivity index (χ0v) is 13.7. The van der Waals surface area contributed by atoms with Crippen LogP contribution >= 0.6 is 0 Å². The molecule has 0 aliphatic carbocycles. The van der Waals surface area contributed by atoms with Crippen molar-refractivity contribution in [2.45, 2.75) is 10.7 Å². The summed E-state index contributed by atoms with van der Waals surface area (Å²) in [6.45, 7) is 0. The van der Waals surface area contributed by atoms with Gasteiger partial charge >= 0.3 is 11.7 Å². The summed E-state index contributed by atoms with van der Waals surface area (Å²) in [5.41, 5.74) is 0.367. The molecule has 0 aliphatic heterocycles. The summed E-state index contributed by atoms with van der Waals surface area (Å²) in [6, 6.07) is 10.2. The van der Waals surface area contributed by atoms with Crippen molar-refractivity contribution >= 4 is 27.4 Å². The normalized spacial score (nSPS) is 11.2. The lowest BCUT2D eigenvalue weighted by Gasteiger charge is -2.10. The maximum atomic E-state index is 12.5. The van der Waals surface area contributed by atoms with Crippen molar-refractivity contribution < 1.29 is 31.5 Å². The number of carbonyl (C=O) groups is 2. The Hall–Kier alpha value is -2.81. The molecular weight excluding hydrogens is 356 g/mol. The van der Waals surface area contributed by atoms with Crippen LogP contribution in [0.15, 0.2) is 53.4 Å². The fraction of sp³-hybridized carbons (Fsp3) is 0.125. The number of hydrogen-bond acceptors (Lipinski definition) is 5. The van der Waals surface area contributed by atoms with Crippen LogP contribution in [0.3, 0.4) is 0 Å². The van der Waals surface area contributed by atoms with Crippen LogP contribution in [0.5, 0.6) is 0 Å². The molecule has 132 valence electrons. The number of esters is 1. The predicted octanol–water partition coefficient (Wildman–Crippen LogP) is 2.72. The Morgan fingerprint density at radius 2 is 1.64 bits per heavy atom. The molecule has 0 fully saturated rings. The zero-order chi connectivity index (χ0) is 18.6. The fourth-order valence-corrected chi connectivity index (χ4v) is 2.69. The first-order chi connectivity index (χ1) is 11.8. The van der Waals surface area contributed by atoms with Gasteiger partial charge in [0.15, 0.2) is 0 Å². The van der Waals surface area contributed by atoms with E-state index in [9.17, 15) is 26.8 Å². The largest absolute Gasteiger partial charge is 0.465 e. The van der Waals surface area contributed by atoms with E-state index in [1.165, 1.54) is 19.2 Å². The molecule has 1 N–H and O–H groups in total. The van der Waals surface area contributed by atoms with Gasteiger partial charge in [0.05, 0.1) is 23.3 Å². The number of anilines is 1. The van der Waals surface area contributed by atoms with Crippen LogP contribution < -0.4 is 5.32 Å². The van der Waals surface area contributed by atoms with Crippen LogP contribution in [0.1, 0.15) is 20.7 Å². The Morgan fingerprint density at radius 1 is 1.04 bits per heavy atom. The van der Waals surface area contributed by atoms with Crippen molar-refractivity contribution in [1.29, 1.82) is 0 Å². The number of methoxy groups -OCH3 is 1. The SMILES string of the molecule is COC(=O)c1ccccc1NC(=O)c1ccc(S(=O)(=O)C(F)F)cc1. The quantitative estimate of drug-likeness (QED) is 0.819. The summed E-state index contributed by atoms with van der Waals surface area (Å²) >= 11 is 0. The van der Waals surface area contributed by atoms with Gasteiger partial charge in [0.2, 0.25) is 9.84 Å². The topological polar surface area (TPSA) is 89.5 Å². The van der Waals surface area contributed by atoms with Crippen molar-refractivity contribution in [1.82, 2.24) is 0 Å². The fourth-order valence-electron chi connectivity index (χ4n) is 1.97. The minimum absolute atomic E-state index is 0.0351. The van der Waals surface area contributed by atoms with E-state index in [2.05, 4.69) is 10.1 Å². The number of para-hydroxylation sites is 1. The average molecular weight is 369 g/mol. The van der Waals surface area contributed by atoms with Gasteiger partial charge in [-0.2, -0.15) is 8.78 Å². The zero-order valence-electron chi connectivity index (χ0n) is 12.9. The number of nitrogens with one attached hydrogen (secondary N) is 1. The van der Waals surface area contributed by atoms with Gasteiger partial charge in [-0.1, -0.05) is 12.1 Å². The second-order valence-electron chi connectivity index (χ2n) is 4.82. The first kappa shape index (κ1) is 18.5. The van der Waals surface area contributed by atoms with Crippen molar-refractivity contribution in [2.24, 2.45) is 0 Å². The van der Waals surface area contributed by atoms with Crippen LogP contribution in [0.25, 0.3) is 0 Å². The molecule has 0 saturated heterocycles. The van der Waals surface area contributed by atoms with Gasteiger partial charge in [-0.25, -0.2) is 13.2 Å². The molecule has 6 nitrogen and oxygen atoms in total. The van der Waals surface area contributed by atoms with E-state index in [0.717, 1.165) is 24.3 Å². The number of benzene rings is 2. The molecule has 0 radical (unpaired) electrons. The summed E-state index contributed by atoms with van der Waals surface area (Å²) in [4.78, 5) is 23.3. The van der Waals surface area contributed by atoms with Crippen LogP contribution in [0.4, 0.5) is 14.5 Å². The third-order valence-electron chi connectivity index (χ3n) is 3.26. The van der Waals surface area contributed by atoms with Crippen LogP contribution in [0.2, 0.25) is 0 Å². The minimum Gasteiger partial charge on any atom is -0.465 e. The van der Waals surface area contributed by atoms with Crippen molar-refractivity contribution in [2.75, 3.05) is 12.4 Å². The standard InChI is InChI=1S/C16H13F2NO5S/c1-24-15(21)12-4-2-3-5-13(12)19-14(20)10-6-8-11(9-7-10)25(22,23)16(17)18/h2-9,16H,1H3,(H,19,20). The minimum atomic E-state index is -4.73. The Labute approximate surface area is 142 Å². The van der Waals surface area contributed by atoms with E-state index in [0.29, 0.717) is 0 Å². The molecule has 1 amide bonds. The predicted molar refractivity (Wildman–Crippen MR) is 85.4 cm³/mol. The Bertz CT molecular complexity index is 895. The number of halogens is 2. The molecule has 25 heavy (non-hydrogen) atoms. The molecule has 0 atom stereocenters. The Kier molecular flexibility index (Phi) is 5.48. The third-order valence-corrected chi connectivity index (χ3v) is 4.66. The summed E-state index contributed by atoms with van der Waals surface area (Å²) in [5, 5.41) is 2.49. The van der Waals surface area contributed by atoms with Crippen molar-refractivity contribution in [3.8, 4) is 0 Å². The highest BCUT2D eigenvalue weighted by molar-refractivity contribution is 7.91. The lowest BCUT2D eigenvalue weighted by molar-refractivity contribution is 0.0602. The number of amides is 1. The van der Waals surface area contributed by atoms with E-state index in [1.54, 1.807) is 12.1 Å². The summed E-state index contributed by atoms with van der Waals surface area (Å²) in [5.74, 6) is -4.83. The van der Waals surface area contributed by atoms with E-state index in [4.69, 9.17) is 0 Å². The van der Waals surface area contributed by atoms with Gasteiger partial charge in [-0.15, -0.1) is 0 Å². The Balaban J connectivity index is 2.25. The lowest BCUT2D eigenvalue weighted by Crippen LogP contribution is -2.16. The van der Waals surface area contributed by atoms with E-state index < -0.39 is 32.4 Å². The van der Waals surface area contributed by atoms with Gasteiger partial charge in [0, 0.05) is 5.56 Å². The summed E-state index contributed by atoms with van der Waals surface area (Å²) in [6.07, 6.45) is 0. The molecule has 0 bridgehead atoms. The first-order valence-electron chi connectivity index (χ1n) is 6.88. The highest BCUT2D eigenvalue weighted by atomic mass is 32.2. The number of alkyl halides is 2. The number of ether oxygens (including phenoxy) is 1. The van der Waals surface area contributed by atoms with Crippen molar-refractivity contribution in [3.63, 3.8) is 0 Å². The molecule has 0 spiro atoms.